The third-order valence-electron chi connectivity index (χ3n) is 4.98. The first kappa shape index (κ1) is 18.0. The van der Waals surface area contributed by atoms with E-state index in [0.29, 0.717) is 13.0 Å². The highest BCUT2D eigenvalue weighted by Gasteiger charge is 2.55. The van der Waals surface area contributed by atoms with Gasteiger partial charge in [0.05, 0.1) is 12.7 Å². The van der Waals surface area contributed by atoms with Gasteiger partial charge in [-0.2, -0.15) is 0 Å². The second kappa shape index (κ2) is 5.92. The molecule has 0 aromatic heterocycles. The van der Waals surface area contributed by atoms with Crippen molar-refractivity contribution in [2.24, 2.45) is 0 Å². The van der Waals surface area contributed by atoms with Crippen molar-refractivity contribution in [3.8, 4) is 12.3 Å². The molecule has 0 aromatic rings. The molecule has 126 valence electrons. The molecule has 22 heavy (non-hydrogen) atoms. The summed E-state index contributed by atoms with van der Waals surface area (Å²) in [6, 6.07) is 0. The Balaban J connectivity index is 2.04. The molecular formula is C17H30O4Si. The monoisotopic (exact) mass is 326 g/mol. The predicted octanol–water partition coefficient (Wildman–Crippen LogP) is 3.32. The van der Waals surface area contributed by atoms with E-state index >= 15 is 0 Å². The molecule has 2 saturated heterocycles. The van der Waals surface area contributed by atoms with Gasteiger partial charge in [0.15, 0.2) is 14.1 Å². The van der Waals surface area contributed by atoms with Crippen LogP contribution in [0.4, 0.5) is 0 Å². The van der Waals surface area contributed by atoms with Crippen LogP contribution in [0.2, 0.25) is 18.1 Å². The molecule has 4 atom stereocenters. The second-order valence-corrected chi connectivity index (χ2v) is 13.1. The molecule has 5 heteroatoms. The molecule has 0 aromatic carbocycles. The zero-order chi connectivity index (χ0) is 16.8. The van der Waals surface area contributed by atoms with Crippen molar-refractivity contribution < 1.29 is 18.6 Å². The Morgan fingerprint density at radius 3 is 2.18 bits per heavy atom. The van der Waals surface area contributed by atoms with Crippen LogP contribution >= 0.6 is 0 Å². The largest absolute Gasteiger partial charge is 0.414 e. The average Bonchev–Trinajstić information content (AvgIpc) is 2.81. The topological polar surface area (TPSA) is 36.9 Å². The van der Waals surface area contributed by atoms with E-state index in [2.05, 4.69) is 39.8 Å². The highest BCUT2D eigenvalue weighted by molar-refractivity contribution is 6.74. The Hall–Kier alpha value is -0.383. The molecule has 0 saturated carbocycles. The van der Waals surface area contributed by atoms with Crippen molar-refractivity contribution in [3.63, 3.8) is 0 Å². The third kappa shape index (κ3) is 3.57. The van der Waals surface area contributed by atoms with Gasteiger partial charge in [0, 0.05) is 6.42 Å². The minimum atomic E-state index is -1.81. The lowest BCUT2D eigenvalue weighted by Crippen LogP contribution is -2.44. The number of terminal acetylenes is 1. The molecule has 0 radical (unpaired) electrons. The molecule has 4 nitrogen and oxygen atoms in total. The molecule has 0 amide bonds. The van der Waals surface area contributed by atoms with Crippen molar-refractivity contribution in [1.82, 2.24) is 0 Å². The zero-order valence-corrected chi connectivity index (χ0v) is 15.9. The molecule has 0 unspecified atom stereocenters. The molecule has 2 aliphatic rings. The summed E-state index contributed by atoms with van der Waals surface area (Å²) >= 11 is 0. The lowest BCUT2D eigenvalue weighted by molar-refractivity contribution is -0.189. The molecule has 2 rings (SSSR count). The first-order valence-electron chi connectivity index (χ1n) is 8.05. The van der Waals surface area contributed by atoms with Crippen LogP contribution in [0.5, 0.6) is 0 Å². The number of hydrogen-bond donors (Lipinski definition) is 0. The summed E-state index contributed by atoms with van der Waals surface area (Å²) in [5.74, 6) is 2.09. The molecule has 2 aliphatic heterocycles. The Morgan fingerprint density at radius 1 is 1.14 bits per heavy atom. The summed E-state index contributed by atoms with van der Waals surface area (Å²) in [5.41, 5.74) is 0. The van der Waals surface area contributed by atoms with Crippen LogP contribution in [0.25, 0.3) is 0 Å². The number of fused-ring (bicyclic) bond motifs is 1. The normalized spacial score (nSPS) is 34.5. The van der Waals surface area contributed by atoms with E-state index in [0.717, 1.165) is 0 Å². The fourth-order valence-corrected chi connectivity index (χ4v) is 3.71. The average molecular weight is 327 g/mol. The maximum Gasteiger partial charge on any atom is 0.192 e. The number of hydrogen-bond acceptors (Lipinski definition) is 4. The van der Waals surface area contributed by atoms with Gasteiger partial charge in [-0.15, -0.1) is 12.3 Å². The fraction of sp³-hybridized carbons (Fsp3) is 0.882. The van der Waals surface area contributed by atoms with Crippen molar-refractivity contribution in [2.75, 3.05) is 6.61 Å². The molecule has 0 bridgehead atoms. The lowest BCUT2D eigenvalue weighted by atomic mass is 10.1. The van der Waals surface area contributed by atoms with Gasteiger partial charge in [-0.3, -0.25) is 0 Å². The summed E-state index contributed by atoms with van der Waals surface area (Å²) in [4.78, 5) is 0. The highest BCUT2D eigenvalue weighted by Crippen LogP contribution is 2.41. The summed E-state index contributed by atoms with van der Waals surface area (Å²) in [6.45, 7) is 15.6. The lowest BCUT2D eigenvalue weighted by Gasteiger charge is -2.37. The van der Waals surface area contributed by atoms with E-state index < -0.39 is 14.1 Å². The number of ether oxygens (including phenoxy) is 3. The highest BCUT2D eigenvalue weighted by atomic mass is 28.4. The van der Waals surface area contributed by atoms with Gasteiger partial charge < -0.3 is 18.6 Å². The smallest absolute Gasteiger partial charge is 0.192 e. The second-order valence-electron chi connectivity index (χ2n) is 8.26. The van der Waals surface area contributed by atoms with E-state index in [1.54, 1.807) is 0 Å². The Kier molecular flexibility index (Phi) is 4.83. The maximum atomic E-state index is 6.31. The molecule has 0 N–H and O–H groups in total. The summed E-state index contributed by atoms with van der Waals surface area (Å²) in [5, 5.41) is 0.176. The minimum absolute atomic E-state index is 0.0981. The van der Waals surface area contributed by atoms with Gasteiger partial charge >= 0.3 is 0 Å². The molecular weight excluding hydrogens is 296 g/mol. The van der Waals surface area contributed by atoms with Crippen LogP contribution in [0.15, 0.2) is 0 Å². The van der Waals surface area contributed by atoms with E-state index in [-0.39, 0.29) is 29.5 Å². The van der Waals surface area contributed by atoms with Crippen LogP contribution in [-0.2, 0) is 18.6 Å². The van der Waals surface area contributed by atoms with E-state index in [4.69, 9.17) is 25.1 Å². The predicted molar refractivity (Wildman–Crippen MR) is 89.1 cm³/mol. The van der Waals surface area contributed by atoms with Gasteiger partial charge in [0.1, 0.15) is 18.3 Å². The minimum Gasteiger partial charge on any atom is -0.414 e. The van der Waals surface area contributed by atoms with Crippen molar-refractivity contribution >= 4 is 8.32 Å². The molecule has 2 heterocycles. The summed E-state index contributed by atoms with van der Waals surface area (Å²) in [7, 11) is -1.81. The van der Waals surface area contributed by atoms with Crippen LogP contribution in [-0.4, -0.2) is 45.1 Å². The van der Waals surface area contributed by atoms with Gasteiger partial charge in [-0.1, -0.05) is 20.8 Å². The van der Waals surface area contributed by atoms with Crippen LogP contribution < -0.4 is 0 Å². The Morgan fingerprint density at radius 2 is 1.68 bits per heavy atom. The van der Waals surface area contributed by atoms with Crippen LogP contribution in [0.1, 0.15) is 41.0 Å². The first-order valence-corrected chi connectivity index (χ1v) is 11.0. The quantitative estimate of drug-likeness (QED) is 0.587. The SMILES string of the molecule is C#CC[C@H]1O[C@H](CO[Si](C)(C)C(C)(C)C)[C@H]2OC(C)(C)O[C@H]21. The van der Waals surface area contributed by atoms with Crippen molar-refractivity contribution in [3.05, 3.63) is 0 Å². The Labute approximate surface area is 136 Å². The molecule has 0 spiro atoms. The van der Waals surface area contributed by atoms with E-state index in [9.17, 15) is 0 Å². The van der Waals surface area contributed by atoms with Gasteiger partial charge in [0.25, 0.3) is 0 Å². The van der Waals surface area contributed by atoms with Gasteiger partial charge in [0.2, 0.25) is 0 Å². The van der Waals surface area contributed by atoms with Crippen molar-refractivity contribution in [2.45, 2.75) is 89.4 Å². The molecule has 2 fully saturated rings. The third-order valence-corrected chi connectivity index (χ3v) is 9.48. The van der Waals surface area contributed by atoms with E-state index in [1.807, 2.05) is 13.8 Å². The maximum absolute atomic E-state index is 6.31. The van der Waals surface area contributed by atoms with Crippen LogP contribution in [0, 0.1) is 12.3 Å². The number of rotatable bonds is 4. The Bertz CT molecular complexity index is 447. The standard InChI is InChI=1S/C17H30O4Si/c1-9-10-12-14-15(21-17(5,6)20-14)13(19-12)11-18-22(7,8)16(2,3)4/h1,12-15H,10-11H2,2-8H3/t12-,13-,14+,15-/m1/s1. The first-order chi connectivity index (χ1) is 9.97. The zero-order valence-electron chi connectivity index (χ0n) is 14.9. The summed E-state index contributed by atoms with van der Waals surface area (Å²) < 4.78 is 24.4. The van der Waals surface area contributed by atoms with Crippen LogP contribution in [0.3, 0.4) is 0 Å². The van der Waals surface area contributed by atoms with E-state index in [1.165, 1.54) is 0 Å². The summed E-state index contributed by atoms with van der Waals surface area (Å²) in [6.07, 6.45) is 5.58. The fourth-order valence-electron chi connectivity index (χ4n) is 2.69. The van der Waals surface area contributed by atoms with Gasteiger partial charge in [-0.05, 0) is 32.0 Å². The van der Waals surface area contributed by atoms with Gasteiger partial charge in [-0.25, -0.2) is 0 Å². The molecule has 0 aliphatic carbocycles. The van der Waals surface area contributed by atoms with Crippen molar-refractivity contribution in [1.29, 1.82) is 0 Å².